The van der Waals surface area contributed by atoms with Crippen molar-refractivity contribution in [1.82, 2.24) is 25.5 Å². The number of pyridine rings is 1. The first-order valence-corrected chi connectivity index (χ1v) is 16.1. The fraction of sp³-hybridized carbons (Fsp3) is 0.500. The number of nitrogens with zero attached hydrogens (tertiary/aromatic N) is 4. The van der Waals surface area contributed by atoms with Crippen LogP contribution in [0.3, 0.4) is 0 Å². The number of fused-ring (bicyclic) bond motifs is 1. The van der Waals surface area contributed by atoms with Gasteiger partial charge in [-0.15, -0.1) is 0 Å². The lowest BCUT2D eigenvalue weighted by molar-refractivity contribution is -0.164. The Balaban J connectivity index is 1.66. The molecule has 3 heterocycles. The Morgan fingerprint density at radius 2 is 1.78 bits per heavy atom. The van der Waals surface area contributed by atoms with Gasteiger partial charge in [0.25, 0.3) is 5.91 Å². The summed E-state index contributed by atoms with van der Waals surface area (Å²) in [6.07, 6.45) is -4.91. The topological polar surface area (TPSA) is 171 Å². The zero-order chi connectivity index (χ0) is 37.9. The summed E-state index contributed by atoms with van der Waals surface area (Å²) in [5.74, 6) is -4.62. The maximum Gasteiger partial charge on any atom is 0.408 e. The van der Waals surface area contributed by atoms with E-state index in [1.165, 1.54) is 24.9 Å². The molecule has 1 aromatic carbocycles. The summed E-state index contributed by atoms with van der Waals surface area (Å²) in [6.45, 7) is 5.48. The molecule has 4 amide bonds. The number of alkyl carbamates (subject to hydrolysis) is 1. The molecule has 1 aromatic heterocycles. The van der Waals surface area contributed by atoms with Crippen LogP contribution >= 0.6 is 0 Å². The molecular weight excluding hydrogens is 680 g/mol. The van der Waals surface area contributed by atoms with Crippen LogP contribution in [-0.2, 0) is 32.0 Å². The van der Waals surface area contributed by atoms with Gasteiger partial charge in [-0.25, -0.2) is 19.0 Å². The van der Waals surface area contributed by atoms with Crippen LogP contribution in [0, 0.1) is 11.2 Å². The summed E-state index contributed by atoms with van der Waals surface area (Å²) in [5, 5.41) is 19.1. The van der Waals surface area contributed by atoms with Gasteiger partial charge in [-0.2, -0.15) is 18.3 Å². The minimum Gasteiger partial charge on any atom is -0.478 e. The molecule has 3 N–H and O–H groups in total. The first-order chi connectivity index (χ1) is 23.6. The van der Waals surface area contributed by atoms with Gasteiger partial charge in [0.15, 0.2) is 0 Å². The molecule has 0 radical (unpaired) electrons. The standard InChI is InChI=1S/C34H40F4N6O7/c1-31(2,3)51-30(50)41-32(4,5)28(48)40-24(12-9-20-16-21(35)10-11-23(20)27(46)47)26(45)43-15-13-25-33(18-43,17-22-8-6-7-14-39-22)29(49)44(42-25)19-34(36,37)38/h6-8,10-11,14,16,24H,9,12-13,15,17-19H2,1-5H3,(H,40,48)(H,41,50)(H,46,47). The number of hydrogen-bond donors (Lipinski definition) is 3. The highest BCUT2D eigenvalue weighted by molar-refractivity contribution is 6.14. The molecule has 0 saturated carbocycles. The lowest BCUT2D eigenvalue weighted by Crippen LogP contribution is -2.62. The molecule has 0 aliphatic carbocycles. The van der Waals surface area contributed by atoms with E-state index in [0.29, 0.717) is 10.7 Å². The molecule has 1 fully saturated rings. The molecule has 51 heavy (non-hydrogen) atoms. The van der Waals surface area contributed by atoms with Crippen LogP contribution in [0.1, 0.15) is 69.1 Å². The van der Waals surface area contributed by atoms with Crippen molar-refractivity contribution in [2.45, 2.75) is 83.7 Å². The second kappa shape index (κ2) is 14.6. The van der Waals surface area contributed by atoms with Crippen molar-refractivity contribution in [1.29, 1.82) is 0 Å². The number of nitrogens with one attached hydrogen (secondary N) is 2. The predicted molar refractivity (Wildman–Crippen MR) is 174 cm³/mol. The summed E-state index contributed by atoms with van der Waals surface area (Å²) < 4.78 is 59.8. The molecule has 2 atom stereocenters. The number of aryl methyl sites for hydroxylation is 1. The van der Waals surface area contributed by atoms with Gasteiger partial charge in [0, 0.05) is 37.8 Å². The van der Waals surface area contributed by atoms with E-state index in [1.54, 1.807) is 39.0 Å². The van der Waals surface area contributed by atoms with Crippen LogP contribution < -0.4 is 10.6 Å². The number of halogens is 4. The number of alkyl halides is 3. The van der Waals surface area contributed by atoms with E-state index < -0.39 is 77.5 Å². The van der Waals surface area contributed by atoms with Crippen molar-refractivity contribution in [3.05, 3.63) is 65.2 Å². The van der Waals surface area contributed by atoms with E-state index in [1.807, 2.05) is 0 Å². The molecule has 2 unspecified atom stereocenters. The number of amides is 4. The van der Waals surface area contributed by atoms with Gasteiger partial charge in [0.05, 0.1) is 11.3 Å². The van der Waals surface area contributed by atoms with Crippen molar-refractivity contribution in [2.24, 2.45) is 10.5 Å². The number of aromatic carboxylic acids is 1. The highest BCUT2D eigenvalue weighted by Gasteiger charge is 2.56. The van der Waals surface area contributed by atoms with Crippen LogP contribution in [-0.4, -0.2) is 98.5 Å². The predicted octanol–water partition coefficient (Wildman–Crippen LogP) is 3.86. The molecule has 17 heteroatoms. The second-order valence-electron chi connectivity index (χ2n) is 14.0. The van der Waals surface area contributed by atoms with E-state index >= 15 is 0 Å². The minimum atomic E-state index is -4.75. The Labute approximate surface area is 291 Å². The smallest absolute Gasteiger partial charge is 0.408 e. The van der Waals surface area contributed by atoms with E-state index in [4.69, 9.17) is 4.74 Å². The Kier molecular flexibility index (Phi) is 11.1. The Hall–Kier alpha value is -5.09. The van der Waals surface area contributed by atoms with Crippen molar-refractivity contribution in [2.75, 3.05) is 19.6 Å². The van der Waals surface area contributed by atoms with E-state index in [-0.39, 0.29) is 49.1 Å². The van der Waals surface area contributed by atoms with Crippen LogP contribution in [0.25, 0.3) is 0 Å². The van der Waals surface area contributed by atoms with Crippen molar-refractivity contribution >= 4 is 35.5 Å². The van der Waals surface area contributed by atoms with Crippen LogP contribution in [0.2, 0.25) is 0 Å². The number of likely N-dealkylation sites (tertiary alicyclic amines) is 1. The number of benzene rings is 1. The molecular formula is C34H40F4N6O7. The van der Waals surface area contributed by atoms with E-state index in [9.17, 15) is 46.6 Å². The SMILES string of the molecule is CC(C)(C)OC(=O)NC(C)(C)C(=O)NC(CCc1cc(F)ccc1C(=O)O)C(=O)N1CCC2=NN(CC(F)(F)F)C(=O)C2(Cc2ccccn2)C1. The highest BCUT2D eigenvalue weighted by Crippen LogP contribution is 2.39. The van der Waals surface area contributed by atoms with E-state index in [2.05, 4.69) is 20.7 Å². The van der Waals surface area contributed by atoms with Crippen molar-refractivity contribution < 1.29 is 51.4 Å². The third-order valence-corrected chi connectivity index (χ3v) is 8.35. The van der Waals surface area contributed by atoms with Gasteiger partial charge < -0.3 is 25.4 Å². The molecule has 4 rings (SSSR count). The number of aromatic nitrogens is 1. The number of carboxylic acids is 1. The largest absolute Gasteiger partial charge is 0.478 e. The fourth-order valence-electron chi connectivity index (χ4n) is 5.97. The van der Waals surface area contributed by atoms with Crippen LogP contribution in [0.15, 0.2) is 47.7 Å². The zero-order valence-corrected chi connectivity index (χ0v) is 28.8. The number of carboxylic acid groups (broad SMARTS) is 1. The third-order valence-electron chi connectivity index (χ3n) is 8.35. The van der Waals surface area contributed by atoms with Crippen molar-refractivity contribution in [3.63, 3.8) is 0 Å². The lowest BCUT2D eigenvalue weighted by atomic mass is 9.74. The fourth-order valence-corrected chi connectivity index (χ4v) is 5.97. The highest BCUT2D eigenvalue weighted by atomic mass is 19.4. The summed E-state index contributed by atoms with van der Waals surface area (Å²) in [4.78, 5) is 71.6. The molecule has 0 spiro atoms. The maximum absolute atomic E-state index is 14.3. The zero-order valence-electron chi connectivity index (χ0n) is 28.8. The number of piperidine rings is 1. The second-order valence-corrected chi connectivity index (χ2v) is 14.0. The van der Waals surface area contributed by atoms with Gasteiger partial charge in [0.2, 0.25) is 11.8 Å². The van der Waals surface area contributed by atoms with Crippen LogP contribution in [0.5, 0.6) is 0 Å². The monoisotopic (exact) mass is 720 g/mol. The Bertz CT molecular complexity index is 1710. The minimum absolute atomic E-state index is 0.0362. The quantitative estimate of drug-likeness (QED) is 0.294. The average Bonchev–Trinajstić information content (AvgIpc) is 3.26. The van der Waals surface area contributed by atoms with E-state index in [0.717, 1.165) is 18.2 Å². The van der Waals surface area contributed by atoms with Crippen molar-refractivity contribution in [3.8, 4) is 0 Å². The number of carbonyl (C=O) groups excluding carboxylic acids is 4. The molecule has 276 valence electrons. The van der Waals surface area contributed by atoms with Gasteiger partial charge in [-0.1, -0.05) is 6.07 Å². The average molecular weight is 721 g/mol. The summed E-state index contributed by atoms with van der Waals surface area (Å²) in [5.41, 5.74) is -3.90. The molecule has 2 aliphatic heterocycles. The van der Waals surface area contributed by atoms with Gasteiger partial charge in [0.1, 0.15) is 35.0 Å². The lowest BCUT2D eigenvalue weighted by Gasteiger charge is -2.41. The van der Waals surface area contributed by atoms with Gasteiger partial charge in [-0.3, -0.25) is 19.4 Å². The molecule has 2 aromatic rings. The third kappa shape index (κ3) is 9.58. The maximum atomic E-state index is 14.3. The molecule has 1 saturated heterocycles. The number of hydrazone groups is 1. The Morgan fingerprint density at radius 3 is 2.39 bits per heavy atom. The van der Waals surface area contributed by atoms with Gasteiger partial charge >= 0.3 is 18.2 Å². The normalized spacial score (nSPS) is 18.5. The van der Waals surface area contributed by atoms with Gasteiger partial charge in [-0.05, 0) is 83.4 Å². The summed E-state index contributed by atoms with van der Waals surface area (Å²) in [7, 11) is 0. The number of ether oxygens (including phenoxy) is 1. The number of rotatable bonds is 11. The molecule has 0 bridgehead atoms. The van der Waals surface area contributed by atoms with Crippen LogP contribution in [0.4, 0.5) is 22.4 Å². The Morgan fingerprint density at radius 1 is 1.08 bits per heavy atom. The first kappa shape index (κ1) is 38.7. The molecule has 2 aliphatic rings. The number of hydrogen-bond acceptors (Lipinski definition) is 8. The molecule has 13 nitrogen and oxygen atoms in total. The number of carbonyl (C=O) groups is 5. The summed E-state index contributed by atoms with van der Waals surface area (Å²) in [6, 6.07) is 6.48. The summed E-state index contributed by atoms with van der Waals surface area (Å²) >= 11 is 0. The first-order valence-electron chi connectivity index (χ1n) is 16.1.